The number of ether oxygens (including phenoxy) is 1. The summed E-state index contributed by atoms with van der Waals surface area (Å²) in [5, 5.41) is 0. The minimum absolute atomic E-state index is 0.00651. The van der Waals surface area contributed by atoms with Crippen LogP contribution >= 0.6 is 0 Å². The van der Waals surface area contributed by atoms with Gasteiger partial charge in [0.2, 0.25) is 11.8 Å². The maximum atomic E-state index is 12.6. The number of methoxy groups -OCH3 is 1. The number of carbonyl (C=O) groups is 1. The molecule has 27 heavy (non-hydrogen) atoms. The number of hydrogen-bond donors (Lipinski definition) is 0. The molecule has 1 amide bonds. The fourth-order valence-electron chi connectivity index (χ4n) is 2.78. The first-order valence-electron chi connectivity index (χ1n) is 8.81. The lowest BCUT2D eigenvalue weighted by molar-refractivity contribution is -0.129. The second kappa shape index (κ2) is 8.49. The summed E-state index contributed by atoms with van der Waals surface area (Å²) in [6.45, 7) is 2.46. The molecule has 1 aromatic carbocycles. The number of aromatic nitrogens is 2. The van der Waals surface area contributed by atoms with Crippen molar-refractivity contribution in [3.05, 3.63) is 65.8 Å². The van der Waals surface area contributed by atoms with Gasteiger partial charge >= 0.3 is 0 Å². The molecule has 0 aliphatic rings. The zero-order valence-electron chi connectivity index (χ0n) is 15.8. The van der Waals surface area contributed by atoms with Crippen molar-refractivity contribution in [1.29, 1.82) is 0 Å². The van der Waals surface area contributed by atoms with E-state index in [1.165, 1.54) is 0 Å². The van der Waals surface area contributed by atoms with Crippen LogP contribution in [0, 0.1) is 6.92 Å². The predicted molar refractivity (Wildman–Crippen MR) is 103 cm³/mol. The lowest BCUT2D eigenvalue weighted by Crippen LogP contribution is -2.30. The highest BCUT2D eigenvalue weighted by Crippen LogP contribution is 2.30. The van der Waals surface area contributed by atoms with Gasteiger partial charge in [-0.05, 0) is 43.2 Å². The average Bonchev–Trinajstić information content (AvgIpc) is 3.07. The van der Waals surface area contributed by atoms with E-state index in [1.807, 2.05) is 43.3 Å². The molecule has 2 heterocycles. The molecule has 0 saturated heterocycles. The smallest absolute Gasteiger partial charge is 0.230 e. The molecule has 0 N–H and O–H groups in total. The van der Waals surface area contributed by atoms with Gasteiger partial charge in [0, 0.05) is 26.0 Å². The summed E-state index contributed by atoms with van der Waals surface area (Å²) < 4.78 is 11.1. The Morgan fingerprint density at radius 3 is 2.67 bits per heavy atom. The van der Waals surface area contributed by atoms with Gasteiger partial charge in [0.25, 0.3) is 0 Å². The number of rotatable bonds is 7. The Balaban J connectivity index is 1.66. The van der Waals surface area contributed by atoms with Crippen molar-refractivity contribution >= 4 is 5.91 Å². The van der Waals surface area contributed by atoms with Gasteiger partial charge in [-0.15, -0.1) is 0 Å². The summed E-state index contributed by atoms with van der Waals surface area (Å²) in [7, 11) is 3.41. The molecule has 6 heteroatoms. The van der Waals surface area contributed by atoms with Crippen LogP contribution in [0.3, 0.4) is 0 Å². The summed E-state index contributed by atoms with van der Waals surface area (Å²) in [4.78, 5) is 22.8. The van der Waals surface area contributed by atoms with Gasteiger partial charge in [-0.3, -0.25) is 9.78 Å². The average molecular weight is 365 g/mol. The summed E-state index contributed by atoms with van der Waals surface area (Å²) >= 11 is 0. The van der Waals surface area contributed by atoms with Crippen molar-refractivity contribution in [2.75, 3.05) is 20.7 Å². The molecule has 0 radical (unpaired) electrons. The number of aryl methyl sites for hydroxylation is 1. The standard InChI is InChI=1S/C21H23N3O3/c1-15-18(23-21(27-15)17-6-4-5-7-19(17)26-3)14-20(25)24(2)13-10-16-8-11-22-12-9-16/h4-9,11-12H,10,13-14H2,1-3H3. The molecule has 0 saturated carbocycles. The normalized spacial score (nSPS) is 10.6. The first kappa shape index (κ1) is 18.6. The van der Waals surface area contributed by atoms with Crippen LogP contribution in [0.4, 0.5) is 0 Å². The van der Waals surface area contributed by atoms with Crippen molar-refractivity contribution in [3.8, 4) is 17.2 Å². The molecule has 0 aliphatic carbocycles. The van der Waals surface area contributed by atoms with Gasteiger partial charge < -0.3 is 14.1 Å². The molecule has 0 spiro atoms. The summed E-state index contributed by atoms with van der Waals surface area (Å²) in [5.74, 6) is 1.80. The minimum Gasteiger partial charge on any atom is -0.496 e. The second-order valence-electron chi connectivity index (χ2n) is 6.32. The third kappa shape index (κ3) is 4.53. The number of carbonyl (C=O) groups excluding carboxylic acids is 1. The number of oxazole rings is 1. The number of likely N-dealkylation sites (N-methyl/N-ethyl adjacent to an activating group) is 1. The number of hydrogen-bond acceptors (Lipinski definition) is 5. The molecule has 0 bridgehead atoms. The topological polar surface area (TPSA) is 68.5 Å². The van der Waals surface area contributed by atoms with E-state index in [-0.39, 0.29) is 12.3 Å². The molecule has 0 aliphatic heterocycles. The molecule has 3 aromatic rings. The SMILES string of the molecule is COc1ccccc1-c1nc(CC(=O)N(C)CCc2ccncc2)c(C)o1. The van der Waals surface area contributed by atoms with Crippen molar-refractivity contribution in [1.82, 2.24) is 14.9 Å². The van der Waals surface area contributed by atoms with Crippen molar-refractivity contribution in [2.24, 2.45) is 0 Å². The first-order valence-corrected chi connectivity index (χ1v) is 8.81. The van der Waals surface area contributed by atoms with E-state index in [2.05, 4.69) is 9.97 Å². The van der Waals surface area contributed by atoms with Crippen LogP contribution in [0.1, 0.15) is 17.0 Å². The number of nitrogens with zero attached hydrogens (tertiary/aromatic N) is 3. The van der Waals surface area contributed by atoms with E-state index in [4.69, 9.17) is 9.15 Å². The van der Waals surface area contributed by atoms with E-state index < -0.39 is 0 Å². The number of para-hydroxylation sites is 1. The third-order valence-corrected chi connectivity index (χ3v) is 4.46. The van der Waals surface area contributed by atoms with Crippen LogP contribution in [-0.2, 0) is 17.6 Å². The molecule has 2 aromatic heterocycles. The largest absolute Gasteiger partial charge is 0.496 e. The fraction of sp³-hybridized carbons (Fsp3) is 0.286. The fourth-order valence-corrected chi connectivity index (χ4v) is 2.78. The second-order valence-corrected chi connectivity index (χ2v) is 6.32. The van der Waals surface area contributed by atoms with Gasteiger partial charge in [-0.1, -0.05) is 12.1 Å². The summed E-state index contributed by atoms with van der Waals surface area (Å²) in [6, 6.07) is 11.4. The van der Waals surface area contributed by atoms with Gasteiger partial charge in [0.05, 0.1) is 24.8 Å². The molecule has 140 valence electrons. The number of pyridine rings is 1. The molecular weight excluding hydrogens is 342 g/mol. The highest BCUT2D eigenvalue weighted by atomic mass is 16.5. The first-order chi connectivity index (χ1) is 13.1. The van der Waals surface area contributed by atoms with Crippen LogP contribution in [0.5, 0.6) is 5.75 Å². The molecule has 0 atom stereocenters. The van der Waals surface area contributed by atoms with E-state index in [0.717, 1.165) is 17.5 Å². The van der Waals surface area contributed by atoms with Gasteiger partial charge in [0.1, 0.15) is 11.5 Å². The zero-order valence-corrected chi connectivity index (χ0v) is 15.8. The Bertz CT molecular complexity index is 906. The van der Waals surface area contributed by atoms with Crippen molar-refractivity contribution in [2.45, 2.75) is 19.8 Å². The van der Waals surface area contributed by atoms with E-state index in [9.17, 15) is 4.79 Å². The number of amides is 1. The molecule has 0 fully saturated rings. The van der Waals surface area contributed by atoms with Crippen molar-refractivity contribution in [3.63, 3.8) is 0 Å². The quantitative estimate of drug-likeness (QED) is 0.643. The molecule has 3 rings (SSSR count). The highest BCUT2D eigenvalue weighted by Gasteiger charge is 2.18. The molecular formula is C21H23N3O3. The maximum absolute atomic E-state index is 12.6. The summed E-state index contributed by atoms with van der Waals surface area (Å²) in [6.07, 6.45) is 4.51. The van der Waals surface area contributed by atoms with Crippen molar-refractivity contribution < 1.29 is 13.9 Å². The monoisotopic (exact) mass is 365 g/mol. The maximum Gasteiger partial charge on any atom is 0.230 e. The third-order valence-electron chi connectivity index (χ3n) is 4.46. The van der Waals surface area contributed by atoms with Crippen LogP contribution in [-0.4, -0.2) is 41.5 Å². The Kier molecular flexibility index (Phi) is 5.86. The van der Waals surface area contributed by atoms with Crippen LogP contribution in [0.25, 0.3) is 11.5 Å². The molecule has 0 unspecified atom stereocenters. The lowest BCUT2D eigenvalue weighted by Gasteiger charge is -2.16. The zero-order chi connectivity index (χ0) is 19.2. The van der Waals surface area contributed by atoms with Gasteiger partial charge in [-0.2, -0.15) is 0 Å². The lowest BCUT2D eigenvalue weighted by atomic mass is 10.2. The Hall–Kier alpha value is -3.15. The summed E-state index contributed by atoms with van der Waals surface area (Å²) in [5.41, 5.74) is 2.57. The highest BCUT2D eigenvalue weighted by molar-refractivity contribution is 5.78. The Morgan fingerprint density at radius 1 is 1.19 bits per heavy atom. The van der Waals surface area contributed by atoms with Gasteiger partial charge in [0.15, 0.2) is 0 Å². The predicted octanol–water partition coefficient (Wildman–Crippen LogP) is 3.30. The number of benzene rings is 1. The van der Waals surface area contributed by atoms with Crippen LogP contribution < -0.4 is 4.74 Å². The van der Waals surface area contributed by atoms with Crippen LogP contribution in [0.2, 0.25) is 0 Å². The molecule has 6 nitrogen and oxygen atoms in total. The Labute approximate surface area is 158 Å². The minimum atomic E-state index is 0.00651. The van der Waals surface area contributed by atoms with E-state index >= 15 is 0 Å². The van der Waals surface area contributed by atoms with E-state index in [1.54, 1.807) is 31.5 Å². The van der Waals surface area contributed by atoms with E-state index in [0.29, 0.717) is 29.6 Å². The Morgan fingerprint density at radius 2 is 1.93 bits per heavy atom. The van der Waals surface area contributed by atoms with Gasteiger partial charge in [-0.25, -0.2) is 4.98 Å². The van der Waals surface area contributed by atoms with Crippen LogP contribution in [0.15, 0.2) is 53.2 Å².